The zero-order chi connectivity index (χ0) is 93.3. The van der Waals surface area contributed by atoms with E-state index in [1.807, 2.05) is 400 Å². The molecule has 22 heteroatoms. The van der Waals surface area contributed by atoms with Gasteiger partial charge in [0.25, 0.3) is 0 Å². The highest BCUT2D eigenvalue weighted by Crippen LogP contribution is 1.86. The predicted molar refractivity (Wildman–Crippen MR) is 533 cm³/mol. The van der Waals surface area contributed by atoms with Crippen LogP contribution in [-0.4, -0.2) is 110 Å². The van der Waals surface area contributed by atoms with Crippen LogP contribution in [0.4, 0.5) is 0 Å². The molecule has 22 heterocycles. The molecule has 22 rings (SSSR count). The number of nitrogens with zero attached hydrogens (tertiary/aromatic N) is 22. The summed E-state index contributed by atoms with van der Waals surface area (Å²) in [4.78, 5) is 83.3. The van der Waals surface area contributed by atoms with E-state index in [9.17, 15) is 0 Å². The Kier molecular flexibility index (Phi) is 91.4. The molecular weight excluding hydrogens is 1630 g/mol. The molecule has 0 spiro atoms. The van der Waals surface area contributed by atoms with Crippen molar-refractivity contribution in [3.05, 3.63) is 673 Å². The van der Waals surface area contributed by atoms with E-state index in [1.165, 1.54) is 0 Å². The molecule has 0 radical (unpaired) electrons. The molecule has 0 fully saturated rings. The summed E-state index contributed by atoms with van der Waals surface area (Å²) in [5.74, 6) is 0. The molecule has 22 nitrogen and oxygen atoms in total. The van der Waals surface area contributed by atoms with E-state index in [2.05, 4.69) is 110 Å². The van der Waals surface area contributed by atoms with Crippen LogP contribution in [-0.2, 0) is 0 Å². The van der Waals surface area contributed by atoms with Crippen LogP contribution in [0, 0.1) is 0 Å². The summed E-state index contributed by atoms with van der Waals surface area (Å²) in [7, 11) is 0. The summed E-state index contributed by atoms with van der Waals surface area (Å²) in [5, 5.41) is 0. The van der Waals surface area contributed by atoms with Crippen LogP contribution in [0.1, 0.15) is 0 Å². The van der Waals surface area contributed by atoms with Crippen LogP contribution in [0.15, 0.2) is 673 Å². The maximum absolute atomic E-state index is 3.78. The van der Waals surface area contributed by atoms with Crippen LogP contribution in [0.5, 0.6) is 0 Å². The predicted octanol–water partition coefficient (Wildman–Crippen LogP) is 23.8. The molecule has 0 saturated heterocycles. The van der Waals surface area contributed by atoms with Crippen molar-refractivity contribution in [3.8, 4) is 0 Å². The highest BCUT2D eigenvalue weighted by atomic mass is 14.7. The lowest BCUT2D eigenvalue weighted by atomic mass is 10.5. The average Bonchev–Trinajstić information content (AvgIpc) is 3.99. The van der Waals surface area contributed by atoms with Gasteiger partial charge in [0, 0.05) is 273 Å². The Morgan fingerprint density at radius 3 is 0.0758 bits per heavy atom. The third-order valence-electron chi connectivity index (χ3n) is 12.5. The molecule has 0 bridgehead atoms. The first kappa shape index (κ1) is 111. The first-order chi connectivity index (χ1) is 66.0. The Morgan fingerprint density at radius 1 is 0.0379 bits per heavy atom. The molecule has 132 heavy (non-hydrogen) atoms. The van der Waals surface area contributed by atoms with Gasteiger partial charge < -0.3 is 0 Å². The molecule has 0 aliphatic rings. The van der Waals surface area contributed by atoms with Gasteiger partial charge in [-0.3, -0.25) is 110 Å². The van der Waals surface area contributed by atoms with Crippen molar-refractivity contribution < 1.29 is 0 Å². The number of aromatic nitrogens is 22. The highest BCUT2D eigenvalue weighted by Gasteiger charge is 1.71. The molecule has 0 atom stereocenters. The smallest absolute Gasteiger partial charge is 0.0267 e. The van der Waals surface area contributed by atoms with Crippen LogP contribution in [0.2, 0.25) is 0 Å². The number of rotatable bonds is 0. The first-order valence-corrected chi connectivity index (χ1v) is 40.7. The summed E-state index contributed by atoms with van der Waals surface area (Å²) in [6, 6.07) is 126. The van der Waals surface area contributed by atoms with E-state index >= 15 is 0 Å². The summed E-state index contributed by atoms with van der Waals surface area (Å²) in [6.07, 6.45) is 77.0. The zero-order valence-electron chi connectivity index (χ0n) is 73.3. The van der Waals surface area contributed by atoms with E-state index in [1.54, 1.807) is 273 Å². The fourth-order valence-corrected chi connectivity index (χ4v) is 6.88. The van der Waals surface area contributed by atoms with Crippen LogP contribution in [0.25, 0.3) is 0 Å². The van der Waals surface area contributed by atoms with Crippen LogP contribution < -0.4 is 0 Å². The maximum atomic E-state index is 3.78. The Balaban J connectivity index is 0.000000691. The molecule has 0 unspecified atom stereocenters. The molecule has 0 aliphatic carbocycles. The van der Waals surface area contributed by atoms with Crippen molar-refractivity contribution >= 4 is 0 Å². The lowest BCUT2D eigenvalue weighted by Crippen LogP contribution is -1.58. The zero-order valence-corrected chi connectivity index (χ0v) is 73.3. The fourth-order valence-electron chi connectivity index (χ4n) is 6.88. The largest absolute Gasteiger partial charge is 0.265 e. The lowest BCUT2D eigenvalue weighted by molar-refractivity contribution is 1.33. The van der Waals surface area contributed by atoms with Crippen molar-refractivity contribution in [2.24, 2.45) is 0 Å². The molecule has 0 saturated carbocycles. The van der Waals surface area contributed by atoms with Crippen molar-refractivity contribution in [1.29, 1.82) is 0 Å². The van der Waals surface area contributed by atoms with Gasteiger partial charge in [-0.05, 0) is 267 Å². The third-order valence-corrected chi connectivity index (χ3v) is 12.5. The molecular formula is C110H110N22. The van der Waals surface area contributed by atoms with Crippen molar-refractivity contribution in [1.82, 2.24) is 110 Å². The van der Waals surface area contributed by atoms with E-state index in [-0.39, 0.29) is 0 Å². The van der Waals surface area contributed by atoms with Gasteiger partial charge in [-0.1, -0.05) is 133 Å². The molecule has 22 aromatic rings. The average molecular weight is 1740 g/mol. The minimum absolute atomic E-state index is 1.75. The van der Waals surface area contributed by atoms with Gasteiger partial charge in [-0.2, -0.15) is 0 Å². The summed E-state index contributed by atoms with van der Waals surface area (Å²) >= 11 is 0. The number of hydrogen-bond acceptors (Lipinski definition) is 22. The first-order valence-electron chi connectivity index (χ1n) is 40.7. The molecule has 660 valence electrons. The van der Waals surface area contributed by atoms with Crippen LogP contribution in [0.3, 0.4) is 0 Å². The Bertz CT molecular complexity index is 3210. The van der Waals surface area contributed by atoms with Gasteiger partial charge in [0.2, 0.25) is 0 Å². The second-order valence-electron chi connectivity index (χ2n) is 22.5. The number of pyridine rings is 22. The normalized spacial score (nSPS) is 8.00. The quantitative estimate of drug-likeness (QED) is 0.136. The fraction of sp³-hybridized carbons (Fsp3) is 0. The summed E-state index contributed by atoms with van der Waals surface area (Å²) in [6.45, 7) is 0. The van der Waals surface area contributed by atoms with Gasteiger partial charge in [-0.25, -0.2) is 0 Å². The van der Waals surface area contributed by atoms with Crippen molar-refractivity contribution in [3.63, 3.8) is 0 Å². The Labute approximate surface area is 778 Å². The van der Waals surface area contributed by atoms with Crippen LogP contribution >= 0.6 is 0 Å². The molecule has 0 aromatic carbocycles. The molecule has 0 N–H and O–H groups in total. The second-order valence-corrected chi connectivity index (χ2v) is 22.5. The topological polar surface area (TPSA) is 284 Å². The summed E-state index contributed by atoms with van der Waals surface area (Å²) in [5.41, 5.74) is 0. The summed E-state index contributed by atoms with van der Waals surface area (Å²) < 4.78 is 0. The van der Waals surface area contributed by atoms with E-state index in [0.29, 0.717) is 0 Å². The lowest BCUT2D eigenvalue weighted by Gasteiger charge is -1.70. The minimum atomic E-state index is 1.75. The van der Waals surface area contributed by atoms with Gasteiger partial charge in [0.15, 0.2) is 0 Å². The van der Waals surface area contributed by atoms with Crippen molar-refractivity contribution in [2.75, 3.05) is 0 Å². The SMILES string of the molecule is c1ccncc1.c1ccncc1.c1ccncc1.c1ccncc1.c1ccncc1.c1ccncc1.c1ccncc1.c1ccncc1.c1ccncc1.c1ccncc1.c1ccncc1.c1ccncc1.c1ccncc1.c1ccncc1.c1ccncc1.c1ccncc1.c1ccncc1.c1ccncc1.c1ccncc1.c1ccncc1.c1ccncc1.c1ccncc1. The van der Waals surface area contributed by atoms with E-state index in [4.69, 9.17) is 0 Å². The second kappa shape index (κ2) is 108. The molecule has 0 aliphatic heterocycles. The van der Waals surface area contributed by atoms with E-state index < -0.39 is 0 Å². The molecule has 0 amide bonds. The van der Waals surface area contributed by atoms with Gasteiger partial charge in [0.05, 0.1) is 0 Å². The highest BCUT2D eigenvalue weighted by molar-refractivity contribution is 5.00. The monoisotopic (exact) mass is 1740 g/mol. The molecule has 22 aromatic heterocycles. The van der Waals surface area contributed by atoms with Gasteiger partial charge >= 0.3 is 0 Å². The Hall–Kier alpha value is -18.7. The Morgan fingerprint density at radius 2 is 0.0682 bits per heavy atom. The standard InChI is InChI=1S/22C5H5N/c22*1-2-4-6-5-3-1/h22*1-5H. The number of hydrogen-bond donors (Lipinski definition) is 0. The van der Waals surface area contributed by atoms with Gasteiger partial charge in [0.1, 0.15) is 0 Å². The van der Waals surface area contributed by atoms with E-state index in [0.717, 1.165) is 0 Å². The van der Waals surface area contributed by atoms with Gasteiger partial charge in [-0.15, -0.1) is 0 Å². The van der Waals surface area contributed by atoms with Crippen molar-refractivity contribution in [2.45, 2.75) is 0 Å². The minimum Gasteiger partial charge on any atom is -0.265 e. The third kappa shape index (κ3) is 105. The maximum Gasteiger partial charge on any atom is 0.0267 e.